The molecule has 0 spiro atoms. The largest absolute Gasteiger partial charge is 0.317 e. The van der Waals surface area contributed by atoms with Gasteiger partial charge in [-0.1, -0.05) is 97.6 Å². The lowest BCUT2D eigenvalue weighted by molar-refractivity contribution is 1.24. The predicted molar refractivity (Wildman–Crippen MR) is 169 cm³/mol. The highest BCUT2D eigenvalue weighted by molar-refractivity contribution is 7.26. The molecule has 0 radical (unpaired) electrons. The fraction of sp³-hybridized carbons (Fsp3) is 0.0270. The number of hydrogen-bond acceptors (Lipinski definition) is 2. The first-order valence-corrected chi connectivity index (χ1v) is 14.2. The minimum absolute atomic E-state index is 0.965. The van der Waals surface area contributed by atoms with Gasteiger partial charge in [-0.05, 0) is 75.7 Å². The molecule has 8 rings (SSSR count). The monoisotopic (exact) mass is 515 g/mol. The standard InChI is InChI=1S/C37H25NS/c1-24-9-6-7-20-38(35-14-4-2-10-29(24)35)28-18-16-26-22-27-21-25(17-19-30(27)34(26)23-28)31-12-8-13-33-32-11-3-5-15-36(32)39-37(31)33/h2-21,23H,1,22H2/b9-6-,20-7-. The quantitative estimate of drug-likeness (QED) is 0.221. The predicted octanol–water partition coefficient (Wildman–Crippen LogP) is 10.5. The average molecular weight is 516 g/mol. The first-order valence-electron chi connectivity index (χ1n) is 13.3. The third-order valence-electron chi connectivity index (χ3n) is 8.02. The van der Waals surface area contributed by atoms with E-state index in [1.807, 2.05) is 11.3 Å². The molecule has 5 aromatic carbocycles. The van der Waals surface area contributed by atoms with Crippen molar-refractivity contribution in [3.63, 3.8) is 0 Å². The van der Waals surface area contributed by atoms with E-state index in [2.05, 4.69) is 139 Å². The van der Waals surface area contributed by atoms with Crippen LogP contribution in [0.15, 0.2) is 134 Å². The number of benzene rings is 5. The van der Waals surface area contributed by atoms with Gasteiger partial charge in [-0.3, -0.25) is 0 Å². The van der Waals surface area contributed by atoms with Crippen molar-refractivity contribution in [3.8, 4) is 22.3 Å². The molecule has 0 fully saturated rings. The Morgan fingerprint density at radius 2 is 1.49 bits per heavy atom. The van der Waals surface area contributed by atoms with E-state index in [4.69, 9.17) is 0 Å². The van der Waals surface area contributed by atoms with Crippen LogP contribution in [0.4, 0.5) is 11.4 Å². The highest BCUT2D eigenvalue weighted by Crippen LogP contribution is 2.45. The molecule has 2 heterocycles. The number of rotatable bonds is 2. The molecule has 6 aromatic rings. The van der Waals surface area contributed by atoms with Gasteiger partial charge in [0.05, 0.1) is 5.69 Å². The number of nitrogens with zero attached hydrogens (tertiary/aromatic N) is 1. The molecule has 184 valence electrons. The van der Waals surface area contributed by atoms with Crippen LogP contribution in [0.25, 0.3) is 48.0 Å². The normalized spacial score (nSPS) is 15.5. The maximum absolute atomic E-state index is 4.29. The Balaban J connectivity index is 1.22. The maximum atomic E-state index is 4.29. The summed E-state index contributed by atoms with van der Waals surface area (Å²) in [6.45, 7) is 4.29. The minimum atomic E-state index is 0.965. The zero-order chi connectivity index (χ0) is 25.9. The van der Waals surface area contributed by atoms with Gasteiger partial charge in [0.2, 0.25) is 0 Å². The van der Waals surface area contributed by atoms with E-state index < -0.39 is 0 Å². The summed E-state index contributed by atoms with van der Waals surface area (Å²) in [7, 11) is 0. The second kappa shape index (κ2) is 8.69. The van der Waals surface area contributed by atoms with Crippen LogP contribution in [-0.4, -0.2) is 0 Å². The van der Waals surface area contributed by atoms with Crippen LogP contribution in [0, 0.1) is 0 Å². The Morgan fingerprint density at radius 1 is 0.641 bits per heavy atom. The van der Waals surface area contributed by atoms with E-state index in [9.17, 15) is 0 Å². The van der Waals surface area contributed by atoms with Crippen LogP contribution in [0.3, 0.4) is 0 Å². The van der Waals surface area contributed by atoms with E-state index in [0.29, 0.717) is 0 Å². The first kappa shape index (κ1) is 22.3. The Bertz CT molecular complexity index is 2020. The van der Waals surface area contributed by atoms with Gasteiger partial charge in [-0.15, -0.1) is 11.3 Å². The Kier molecular flexibility index (Phi) is 4.98. The Hall–Kier alpha value is -4.66. The fourth-order valence-corrected chi connectivity index (χ4v) is 7.37. The molecule has 0 saturated heterocycles. The van der Waals surface area contributed by atoms with Crippen LogP contribution in [0.2, 0.25) is 0 Å². The molecule has 39 heavy (non-hydrogen) atoms. The number of thiophene rings is 1. The molecule has 2 heteroatoms. The fourth-order valence-electron chi connectivity index (χ4n) is 6.13. The van der Waals surface area contributed by atoms with Gasteiger partial charge < -0.3 is 4.90 Å². The first-order chi connectivity index (χ1) is 19.2. The molecule has 0 unspecified atom stereocenters. The molecule has 1 aromatic heterocycles. The maximum Gasteiger partial charge on any atom is 0.0533 e. The number of para-hydroxylation sites is 1. The van der Waals surface area contributed by atoms with Gasteiger partial charge in [0.1, 0.15) is 0 Å². The number of fused-ring (bicyclic) bond motifs is 7. The van der Waals surface area contributed by atoms with Crippen molar-refractivity contribution >= 4 is 48.5 Å². The molecule has 1 aliphatic heterocycles. The van der Waals surface area contributed by atoms with Crippen molar-refractivity contribution in [3.05, 3.63) is 151 Å². The van der Waals surface area contributed by atoms with Crippen LogP contribution < -0.4 is 4.90 Å². The van der Waals surface area contributed by atoms with Crippen molar-refractivity contribution in [2.45, 2.75) is 6.42 Å². The van der Waals surface area contributed by atoms with Crippen molar-refractivity contribution in [1.82, 2.24) is 0 Å². The van der Waals surface area contributed by atoms with Crippen LogP contribution >= 0.6 is 11.3 Å². The minimum Gasteiger partial charge on any atom is -0.317 e. The number of anilines is 2. The molecule has 2 aliphatic rings. The van der Waals surface area contributed by atoms with Gasteiger partial charge in [0.15, 0.2) is 0 Å². The van der Waals surface area contributed by atoms with Gasteiger partial charge in [0.25, 0.3) is 0 Å². The van der Waals surface area contributed by atoms with E-state index >= 15 is 0 Å². The molecular formula is C37H25NS. The van der Waals surface area contributed by atoms with Crippen LogP contribution in [0.5, 0.6) is 0 Å². The topological polar surface area (TPSA) is 3.24 Å². The average Bonchev–Trinajstić information content (AvgIpc) is 3.53. The zero-order valence-electron chi connectivity index (χ0n) is 21.4. The summed E-state index contributed by atoms with van der Waals surface area (Å²) in [6.07, 6.45) is 9.33. The lowest BCUT2D eigenvalue weighted by Crippen LogP contribution is -2.11. The summed E-state index contributed by atoms with van der Waals surface area (Å²) in [4.78, 5) is 2.28. The van der Waals surface area contributed by atoms with E-state index in [1.165, 1.54) is 53.6 Å². The third-order valence-corrected chi connectivity index (χ3v) is 9.24. The summed E-state index contributed by atoms with van der Waals surface area (Å²) in [5.74, 6) is 0. The molecule has 0 N–H and O–H groups in total. The van der Waals surface area contributed by atoms with Crippen LogP contribution in [0.1, 0.15) is 16.7 Å². The second-order valence-electron chi connectivity index (χ2n) is 10.3. The van der Waals surface area contributed by atoms with Gasteiger partial charge in [-0.2, -0.15) is 0 Å². The Labute approximate surface area is 232 Å². The molecule has 0 atom stereocenters. The van der Waals surface area contributed by atoms with Crippen molar-refractivity contribution in [2.75, 3.05) is 4.90 Å². The van der Waals surface area contributed by atoms with Gasteiger partial charge >= 0.3 is 0 Å². The van der Waals surface area contributed by atoms with Crippen molar-refractivity contribution < 1.29 is 0 Å². The summed E-state index contributed by atoms with van der Waals surface area (Å²) >= 11 is 1.90. The summed E-state index contributed by atoms with van der Waals surface area (Å²) < 4.78 is 2.72. The molecular weight excluding hydrogens is 490 g/mol. The highest BCUT2D eigenvalue weighted by Gasteiger charge is 2.22. The van der Waals surface area contributed by atoms with E-state index in [-0.39, 0.29) is 0 Å². The van der Waals surface area contributed by atoms with E-state index in [1.54, 1.807) is 0 Å². The molecule has 1 nitrogen and oxygen atoms in total. The van der Waals surface area contributed by atoms with E-state index in [0.717, 1.165) is 28.9 Å². The lowest BCUT2D eigenvalue weighted by Gasteiger charge is -2.25. The third kappa shape index (κ3) is 3.53. The number of hydrogen-bond donors (Lipinski definition) is 0. The van der Waals surface area contributed by atoms with Crippen molar-refractivity contribution in [1.29, 1.82) is 0 Å². The summed E-state index contributed by atoms with van der Waals surface area (Å²) in [5, 5.41) is 2.69. The molecule has 0 saturated carbocycles. The molecule has 0 bridgehead atoms. The molecule has 0 amide bonds. The lowest BCUT2D eigenvalue weighted by atomic mass is 9.97. The molecule has 1 aliphatic carbocycles. The summed E-state index contributed by atoms with van der Waals surface area (Å²) in [5.41, 5.74) is 12.6. The Morgan fingerprint density at radius 3 is 2.46 bits per heavy atom. The van der Waals surface area contributed by atoms with Gasteiger partial charge in [0, 0.05) is 37.6 Å². The zero-order valence-corrected chi connectivity index (χ0v) is 22.2. The highest BCUT2D eigenvalue weighted by atomic mass is 32.1. The number of allylic oxidation sites excluding steroid dienone is 4. The SMILES string of the molecule is C=C1/C=C\C=C/N(c2ccc3c(c2)-c2ccc(-c4cccc5c4sc4ccccc45)cc2C3)c2ccccc21. The second-order valence-corrected chi connectivity index (χ2v) is 11.3. The van der Waals surface area contributed by atoms with Crippen molar-refractivity contribution in [2.24, 2.45) is 0 Å². The smallest absolute Gasteiger partial charge is 0.0533 e. The summed E-state index contributed by atoms with van der Waals surface area (Å²) in [6, 6.07) is 37.9. The van der Waals surface area contributed by atoms with Gasteiger partial charge in [-0.25, -0.2) is 0 Å². The van der Waals surface area contributed by atoms with Crippen LogP contribution in [-0.2, 0) is 6.42 Å².